The number of hydrogen-bond acceptors (Lipinski definition) is 2. The van der Waals surface area contributed by atoms with E-state index in [-0.39, 0.29) is 0 Å². The lowest BCUT2D eigenvalue weighted by Crippen LogP contribution is -2.35. The van der Waals surface area contributed by atoms with Crippen molar-refractivity contribution in [1.82, 2.24) is 5.32 Å². The minimum atomic E-state index is 0.866. The van der Waals surface area contributed by atoms with Crippen LogP contribution in [-0.2, 0) is 4.74 Å². The fourth-order valence-electron chi connectivity index (χ4n) is 3.16. The summed E-state index contributed by atoms with van der Waals surface area (Å²) >= 11 is 0. The first-order valence-corrected chi connectivity index (χ1v) is 6.62. The molecule has 0 bridgehead atoms. The molecule has 0 amide bonds. The molecule has 2 rings (SSSR count). The van der Waals surface area contributed by atoms with Crippen LogP contribution in [0.5, 0.6) is 0 Å². The molecular formula is C13H25NO. The van der Waals surface area contributed by atoms with Gasteiger partial charge < -0.3 is 10.1 Å². The Morgan fingerprint density at radius 1 is 1.20 bits per heavy atom. The molecule has 1 saturated heterocycles. The van der Waals surface area contributed by atoms with Gasteiger partial charge in [-0.1, -0.05) is 32.1 Å². The molecule has 1 saturated carbocycles. The van der Waals surface area contributed by atoms with E-state index >= 15 is 0 Å². The van der Waals surface area contributed by atoms with Crippen LogP contribution in [-0.4, -0.2) is 26.8 Å². The fraction of sp³-hybridized carbons (Fsp3) is 1.00. The first kappa shape index (κ1) is 11.4. The lowest BCUT2D eigenvalue weighted by Gasteiger charge is -2.35. The second-order valence-corrected chi connectivity index (χ2v) is 5.36. The summed E-state index contributed by atoms with van der Waals surface area (Å²) < 4.78 is 5.28. The van der Waals surface area contributed by atoms with Crippen molar-refractivity contribution in [2.24, 2.45) is 17.8 Å². The number of nitrogens with one attached hydrogen (secondary N) is 1. The van der Waals surface area contributed by atoms with Gasteiger partial charge >= 0.3 is 0 Å². The zero-order valence-electron chi connectivity index (χ0n) is 10.0. The quantitative estimate of drug-likeness (QED) is 0.754. The van der Waals surface area contributed by atoms with Crippen molar-refractivity contribution in [3.05, 3.63) is 0 Å². The van der Waals surface area contributed by atoms with Gasteiger partial charge in [0.15, 0.2) is 0 Å². The van der Waals surface area contributed by atoms with Gasteiger partial charge in [0.25, 0.3) is 0 Å². The van der Waals surface area contributed by atoms with Crippen molar-refractivity contribution in [3.8, 4) is 0 Å². The molecule has 0 radical (unpaired) electrons. The predicted octanol–water partition coefficient (Wildman–Crippen LogP) is 2.44. The smallest absolute Gasteiger partial charge is 0.0516 e. The summed E-state index contributed by atoms with van der Waals surface area (Å²) in [5.41, 5.74) is 0. The topological polar surface area (TPSA) is 21.3 Å². The number of rotatable bonds is 5. The van der Waals surface area contributed by atoms with Crippen LogP contribution in [0.1, 0.15) is 38.5 Å². The highest BCUT2D eigenvalue weighted by Gasteiger charge is 2.28. The molecule has 1 aliphatic carbocycles. The van der Waals surface area contributed by atoms with E-state index in [4.69, 9.17) is 4.74 Å². The third-order valence-electron chi connectivity index (χ3n) is 4.13. The molecule has 2 nitrogen and oxygen atoms in total. The van der Waals surface area contributed by atoms with Crippen molar-refractivity contribution in [2.45, 2.75) is 38.5 Å². The SMILES string of the molecule is CNCC(CC1COC1)C1CCCCC1. The normalized spacial score (nSPS) is 26.2. The monoisotopic (exact) mass is 211 g/mol. The van der Waals surface area contributed by atoms with Gasteiger partial charge in [0.05, 0.1) is 13.2 Å². The third kappa shape index (κ3) is 3.18. The Kier molecular flexibility index (Phi) is 4.45. The average molecular weight is 211 g/mol. The van der Waals surface area contributed by atoms with Gasteiger partial charge in [0, 0.05) is 5.92 Å². The zero-order valence-corrected chi connectivity index (χ0v) is 10.0. The summed E-state index contributed by atoms with van der Waals surface area (Å²) in [6, 6.07) is 0. The maximum absolute atomic E-state index is 5.28. The molecule has 2 heteroatoms. The predicted molar refractivity (Wildman–Crippen MR) is 62.9 cm³/mol. The summed E-state index contributed by atoms with van der Waals surface area (Å²) in [6.07, 6.45) is 8.73. The molecule has 0 aromatic rings. The standard InChI is InChI=1S/C13H25NO/c1-14-8-13(7-11-9-15-10-11)12-5-3-2-4-6-12/h11-14H,2-10H2,1H3. The lowest BCUT2D eigenvalue weighted by atomic mass is 9.76. The van der Waals surface area contributed by atoms with E-state index in [0.29, 0.717) is 0 Å². The maximum atomic E-state index is 5.28. The molecule has 1 N–H and O–H groups in total. The van der Waals surface area contributed by atoms with Crippen LogP contribution in [0.2, 0.25) is 0 Å². The van der Waals surface area contributed by atoms with E-state index < -0.39 is 0 Å². The number of ether oxygens (including phenoxy) is 1. The third-order valence-corrected chi connectivity index (χ3v) is 4.13. The van der Waals surface area contributed by atoms with E-state index in [0.717, 1.165) is 31.0 Å². The molecular weight excluding hydrogens is 186 g/mol. The second-order valence-electron chi connectivity index (χ2n) is 5.36. The van der Waals surface area contributed by atoms with Crippen LogP contribution in [0.3, 0.4) is 0 Å². The molecule has 88 valence electrons. The molecule has 0 aromatic carbocycles. The minimum absolute atomic E-state index is 0.866. The number of hydrogen-bond donors (Lipinski definition) is 1. The van der Waals surface area contributed by atoms with Crippen LogP contribution in [0.15, 0.2) is 0 Å². The van der Waals surface area contributed by atoms with Crippen molar-refractivity contribution >= 4 is 0 Å². The van der Waals surface area contributed by atoms with E-state index in [2.05, 4.69) is 12.4 Å². The van der Waals surface area contributed by atoms with E-state index in [1.54, 1.807) is 0 Å². The van der Waals surface area contributed by atoms with Crippen molar-refractivity contribution in [1.29, 1.82) is 0 Å². The van der Waals surface area contributed by atoms with E-state index in [1.165, 1.54) is 45.1 Å². The van der Waals surface area contributed by atoms with Gasteiger partial charge in [0.2, 0.25) is 0 Å². The summed E-state index contributed by atoms with van der Waals surface area (Å²) in [6.45, 7) is 3.25. The van der Waals surface area contributed by atoms with Crippen molar-refractivity contribution in [3.63, 3.8) is 0 Å². The Hall–Kier alpha value is -0.0800. The van der Waals surface area contributed by atoms with Gasteiger partial charge in [-0.2, -0.15) is 0 Å². The van der Waals surface area contributed by atoms with Crippen LogP contribution in [0.25, 0.3) is 0 Å². The molecule has 0 aromatic heterocycles. The van der Waals surface area contributed by atoms with E-state index in [1.807, 2.05) is 0 Å². The van der Waals surface area contributed by atoms with Gasteiger partial charge in [-0.05, 0) is 31.8 Å². The molecule has 15 heavy (non-hydrogen) atoms. The molecule has 1 heterocycles. The van der Waals surface area contributed by atoms with Crippen molar-refractivity contribution in [2.75, 3.05) is 26.8 Å². The first-order valence-electron chi connectivity index (χ1n) is 6.62. The summed E-state index contributed by atoms with van der Waals surface area (Å²) in [7, 11) is 2.09. The Morgan fingerprint density at radius 2 is 1.93 bits per heavy atom. The lowest BCUT2D eigenvalue weighted by molar-refractivity contribution is -0.0471. The van der Waals surface area contributed by atoms with Crippen LogP contribution in [0.4, 0.5) is 0 Å². The fourth-order valence-corrected chi connectivity index (χ4v) is 3.16. The van der Waals surface area contributed by atoms with Gasteiger partial charge in [-0.15, -0.1) is 0 Å². The highest BCUT2D eigenvalue weighted by Crippen LogP contribution is 2.34. The molecule has 2 aliphatic rings. The highest BCUT2D eigenvalue weighted by atomic mass is 16.5. The average Bonchev–Trinajstić information content (AvgIpc) is 2.23. The molecule has 0 spiro atoms. The Bertz CT molecular complexity index is 173. The van der Waals surface area contributed by atoms with Gasteiger partial charge in [0.1, 0.15) is 0 Å². The van der Waals surface area contributed by atoms with Crippen LogP contribution < -0.4 is 5.32 Å². The van der Waals surface area contributed by atoms with E-state index in [9.17, 15) is 0 Å². The summed E-state index contributed by atoms with van der Waals surface area (Å²) in [5, 5.41) is 3.38. The van der Waals surface area contributed by atoms with Crippen LogP contribution >= 0.6 is 0 Å². The highest BCUT2D eigenvalue weighted by molar-refractivity contribution is 4.79. The van der Waals surface area contributed by atoms with Crippen molar-refractivity contribution < 1.29 is 4.74 Å². The molecule has 1 unspecified atom stereocenters. The minimum Gasteiger partial charge on any atom is -0.381 e. The van der Waals surface area contributed by atoms with Crippen LogP contribution in [0, 0.1) is 17.8 Å². The molecule has 2 fully saturated rings. The maximum Gasteiger partial charge on any atom is 0.0516 e. The van der Waals surface area contributed by atoms with Gasteiger partial charge in [-0.25, -0.2) is 0 Å². The first-order chi connectivity index (χ1) is 7.40. The Balaban J connectivity index is 1.79. The Labute approximate surface area is 93.8 Å². The molecule has 1 atom stereocenters. The summed E-state index contributed by atoms with van der Waals surface area (Å²) in [5.74, 6) is 2.77. The second kappa shape index (κ2) is 5.86. The Morgan fingerprint density at radius 3 is 2.47 bits per heavy atom. The molecule has 1 aliphatic heterocycles. The summed E-state index contributed by atoms with van der Waals surface area (Å²) in [4.78, 5) is 0. The van der Waals surface area contributed by atoms with Gasteiger partial charge in [-0.3, -0.25) is 0 Å². The zero-order chi connectivity index (χ0) is 10.5. The largest absolute Gasteiger partial charge is 0.381 e.